The lowest BCUT2D eigenvalue weighted by atomic mass is 10.1. The average Bonchev–Trinajstić information content (AvgIpc) is 3.03. The normalized spacial score (nSPS) is 12.9. The van der Waals surface area contributed by atoms with Crippen LogP contribution in [0.1, 0.15) is 27.4 Å². The Morgan fingerprint density at radius 3 is 3.16 bits per heavy atom. The third-order valence-electron chi connectivity index (χ3n) is 3.18. The van der Waals surface area contributed by atoms with Gasteiger partial charge in [0.15, 0.2) is 0 Å². The van der Waals surface area contributed by atoms with E-state index in [1.807, 2.05) is 31.2 Å². The molecule has 0 unspecified atom stereocenters. The van der Waals surface area contributed by atoms with Crippen LogP contribution in [0.3, 0.4) is 0 Å². The molecule has 0 spiro atoms. The van der Waals surface area contributed by atoms with E-state index in [1.54, 1.807) is 0 Å². The van der Waals surface area contributed by atoms with E-state index in [4.69, 9.17) is 4.52 Å². The lowest BCUT2D eigenvalue weighted by Crippen LogP contribution is -2.23. The molecule has 1 amide bonds. The monoisotopic (exact) mass is 257 g/mol. The molecule has 0 saturated carbocycles. The highest BCUT2D eigenvalue weighted by Crippen LogP contribution is 2.22. The van der Waals surface area contributed by atoms with Gasteiger partial charge in [-0.2, -0.15) is 0 Å². The number of carbonyl (C=O) groups excluding carboxylic acids is 1. The van der Waals surface area contributed by atoms with E-state index in [1.165, 1.54) is 5.56 Å². The molecule has 5 nitrogen and oxygen atoms in total. The number of benzene rings is 1. The van der Waals surface area contributed by atoms with Gasteiger partial charge in [-0.15, -0.1) is 0 Å². The molecule has 0 atom stereocenters. The molecule has 0 saturated heterocycles. The molecule has 1 aromatic heterocycles. The maximum absolute atomic E-state index is 12.0. The average molecular weight is 257 g/mol. The van der Waals surface area contributed by atoms with Crippen molar-refractivity contribution in [2.75, 3.05) is 11.9 Å². The van der Waals surface area contributed by atoms with Gasteiger partial charge >= 0.3 is 0 Å². The van der Waals surface area contributed by atoms with E-state index in [2.05, 4.69) is 15.8 Å². The van der Waals surface area contributed by atoms with Crippen LogP contribution < -0.4 is 10.6 Å². The summed E-state index contributed by atoms with van der Waals surface area (Å²) in [6.45, 7) is 3.15. The van der Waals surface area contributed by atoms with E-state index >= 15 is 0 Å². The molecule has 0 bridgehead atoms. The fourth-order valence-corrected chi connectivity index (χ4v) is 2.22. The lowest BCUT2D eigenvalue weighted by molar-refractivity contribution is 0.0950. The maximum atomic E-state index is 12.0. The molecular weight excluding hydrogens is 242 g/mol. The van der Waals surface area contributed by atoms with Crippen LogP contribution in [0, 0.1) is 6.92 Å². The van der Waals surface area contributed by atoms with Crippen molar-refractivity contribution in [1.29, 1.82) is 0 Å². The second-order valence-corrected chi connectivity index (χ2v) is 4.66. The highest BCUT2D eigenvalue weighted by molar-refractivity contribution is 5.95. The van der Waals surface area contributed by atoms with Crippen molar-refractivity contribution in [2.24, 2.45) is 0 Å². The predicted molar refractivity (Wildman–Crippen MR) is 71.0 cm³/mol. The number of aromatic nitrogens is 1. The molecule has 0 fully saturated rings. The van der Waals surface area contributed by atoms with Crippen molar-refractivity contribution in [3.63, 3.8) is 0 Å². The molecular formula is C14H15N3O2. The van der Waals surface area contributed by atoms with Crippen molar-refractivity contribution in [3.05, 3.63) is 46.8 Å². The van der Waals surface area contributed by atoms with Crippen LogP contribution in [0.4, 0.5) is 5.69 Å². The Morgan fingerprint density at radius 2 is 2.37 bits per heavy atom. The lowest BCUT2D eigenvalue weighted by Gasteiger charge is -2.05. The number of nitrogens with one attached hydrogen (secondary N) is 2. The zero-order valence-corrected chi connectivity index (χ0v) is 10.7. The van der Waals surface area contributed by atoms with Crippen LogP contribution in [-0.2, 0) is 13.0 Å². The Morgan fingerprint density at radius 1 is 1.47 bits per heavy atom. The summed E-state index contributed by atoms with van der Waals surface area (Å²) >= 11 is 0. The quantitative estimate of drug-likeness (QED) is 0.881. The zero-order valence-electron chi connectivity index (χ0n) is 10.7. The minimum atomic E-state index is -0.0876. The number of carbonyl (C=O) groups is 1. The standard InChI is InChI=1S/C14H15N3O2/c1-9-6-12(17-19-9)8-16-14(18)11-2-3-13-10(7-11)4-5-15-13/h2-3,6-7,15H,4-5,8H2,1H3,(H,16,18). The molecule has 1 aliphatic rings. The van der Waals surface area contributed by atoms with E-state index in [0.717, 1.165) is 30.1 Å². The van der Waals surface area contributed by atoms with Gasteiger partial charge in [0.05, 0.1) is 6.54 Å². The van der Waals surface area contributed by atoms with Gasteiger partial charge in [-0.05, 0) is 37.1 Å². The van der Waals surface area contributed by atoms with E-state index < -0.39 is 0 Å². The minimum absolute atomic E-state index is 0.0876. The highest BCUT2D eigenvalue weighted by atomic mass is 16.5. The van der Waals surface area contributed by atoms with Crippen molar-refractivity contribution >= 4 is 11.6 Å². The maximum Gasteiger partial charge on any atom is 0.251 e. The Kier molecular flexibility index (Phi) is 2.95. The predicted octanol–water partition coefficient (Wildman–Crippen LogP) is 1.88. The van der Waals surface area contributed by atoms with Gasteiger partial charge in [0.1, 0.15) is 11.5 Å². The summed E-state index contributed by atoms with van der Waals surface area (Å²) in [5.74, 6) is 0.656. The third-order valence-corrected chi connectivity index (χ3v) is 3.18. The molecule has 98 valence electrons. The molecule has 2 N–H and O–H groups in total. The second kappa shape index (κ2) is 4.76. The fraction of sp³-hybridized carbons (Fsp3) is 0.286. The number of anilines is 1. The van der Waals surface area contributed by atoms with Crippen molar-refractivity contribution < 1.29 is 9.32 Å². The summed E-state index contributed by atoms with van der Waals surface area (Å²) in [6, 6.07) is 7.55. The Balaban J connectivity index is 1.67. The van der Waals surface area contributed by atoms with E-state index in [-0.39, 0.29) is 5.91 Å². The van der Waals surface area contributed by atoms with E-state index in [9.17, 15) is 4.79 Å². The first-order valence-corrected chi connectivity index (χ1v) is 6.29. The number of hydrogen-bond acceptors (Lipinski definition) is 4. The second-order valence-electron chi connectivity index (χ2n) is 4.66. The van der Waals surface area contributed by atoms with Gasteiger partial charge in [-0.1, -0.05) is 5.16 Å². The topological polar surface area (TPSA) is 67.2 Å². The Bertz CT molecular complexity index is 619. The summed E-state index contributed by atoms with van der Waals surface area (Å²) in [6.07, 6.45) is 0.971. The molecule has 2 heterocycles. The highest BCUT2D eigenvalue weighted by Gasteiger charge is 2.13. The van der Waals surface area contributed by atoms with Gasteiger partial charge in [-0.3, -0.25) is 4.79 Å². The van der Waals surface area contributed by atoms with Crippen LogP contribution in [0.5, 0.6) is 0 Å². The molecule has 1 aromatic carbocycles. The third kappa shape index (κ3) is 2.45. The summed E-state index contributed by atoms with van der Waals surface area (Å²) in [7, 11) is 0. The largest absolute Gasteiger partial charge is 0.384 e. The smallest absolute Gasteiger partial charge is 0.251 e. The molecule has 0 aliphatic carbocycles. The summed E-state index contributed by atoms with van der Waals surface area (Å²) < 4.78 is 4.95. The van der Waals surface area contributed by atoms with Gasteiger partial charge in [0.2, 0.25) is 0 Å². The first-order chi connectivity index (χ1) is 9.22. The van der Waals surface area contributed by atoms with Gasteiger partial charge < -0.3 is 15.2 Å². The van der Waals surface area contributed by atoms with Gasteiger partial charge in [0, 0.05) is 23.9 Å². The number of rotatable bonds is 3. The number of fused-ring (bicyclic) bond motifs is 1. The fourth-order valence-electron chi connectivity index (χ4n) is 2.22. The zero-order chi connectivity index (χ0) is 13.2. The molecule has 1 aliphatic heterocycles. The number of nitrogens with zero attached hydrogens (tertiary/aromatic N) is 1. The number of hydrogen-bond donors (Lipinski definition) is 2. The first-order valence-electron chi connectivity index (χ1n) is 6.29. The Labute approximate surface area is 111 Å². The minimum Gasteiger partial charge on any atom is -0.384 e. The van der Waals surface area contributed by atoms with Crippen LogP contribution in [0.25, 0.3) is 0 Å². The molecule has 2 aromatic rings. The molecule has 3 rings (SSSR count). The van der Waals surface area contributed by atoms with Gasteiger partial charge in [-0.25, -0.2) is 0 Å². The van der Waals surface area contributed by atoms with Crippen LogP contribution in [0.15, 0.2) is 28.8 Å². The number of amides is 1. The molecule has 0 radical (unpaired) electrons. The number of aryl methyl sites for hydroxylation is 1. The molecule has 5 heteroatoms. The Hall–Kier alpha value is -2.30. The molecule has 19 heavy (non-hydrogen) atoms. The first kappa shape index (κ1) is 11.8. The summed E-state index contributed by atoms with van der Waals surface area (Å²) in [5.41, 5.74) is 3.74. The summed E-state index contributed by atoms with van der Waals surface area (Å²) in [4.78, 5) is 12.0. The van der Waals surface area contributed by atoms with Crippen LogP contribution in [-0.4, -0.2) is 17.6 Å². The van der Waals surface area contributed by atoms with Crippen LogP contribution in [0.2, 0.25) is 0 Å². The SMILES string of the molecule is Cc1cc(CNC(=O)c2ccc3c(c2)CCN3)no1. The van der Waals surface area contributed by atoms with Crippen LogP contribution >= 0.6 is 0 Å². The van der Waals surface area contributed by atoms with Crippen molar-refractivity contribution in [3.8, 4) is 0 Å². The van der Waals surface area contributed by atoms with Gasteiger partial charge in [0.25, 0.3) is 5.91 Å². The van der Waals surface area contributed by atoms with Crippen molar-refractivity contribution in [1.82, 2.24) is 10.5 Å². The van der Waals surface area contributed by atoms with Crippen molar-refractivity contribution in [2.45, 2.75) is 19.9 Å². The van der Waals surface area contributed by atoms with E-state index in [0.29, 0.717) is 12.1 Å². The summed E-state index contributed by atoms with van der Waals surface area (Å²) in [5, 5.41) is 9.95.